The zero-order valence-corrected chi connectivity index (χ0v) is 11.8. The van der Waals surface area contributed by atoms with Gasteiger partial charge in [-0.05, 0) is 18.6 Å². The standard InChI is InChI=1S/C13H9Cl2FN2O2/c1-6-2-8(13(17)19)10(16)4-11(6)20-7-3-9(14)12(15)18-5-7/h2-5H,1H3,(H2,17,19). The van der Waals surface area contributed by atoms with Gasteiger partial charge in [-0.25, -0.2) is 9.37 Å². The lowest BCUT2D eigenvalue weighted by Gasteiger charge is -2.10. The van der Waals surface area contributed by atoms with E-state index in [4.69, 9.17) is 33.7 Å². The first kappa shape index (κ1) is 14.6. The minimum atomic E-state index is -0.839. The minimum Gasteiger partial charge on any atom is -0.455 e. The van der Waals surface area contributed by atoms with Gasteiger partial charge >= 0.3 is 0 Å². The summed E-state index contributed by atoms with van der Waals surface area (Å²) in [5.41, 5.74) is 5.42. The number of aromatic nitrogens is 1. The summed E-state index contributed by atoms with van der Waals surface area (Å²) < 4.78 is 19.1. The fourth-order valence-electron chi connectivity index (χ4n) is 1.55. The Balaban J connectivity index is 2.36. The van der Waals surface area contributed by atoms with Crippen LogP contribution in [0.5, 0.6) is 11.5 Å². The lowest BCUT2D eigenvalue weighted by atomic mass is 10.1. The molecule has 1 aromatic heterocycles. The average molecular weight is 315 g/mol. The summed E-state index contributed by atoms with van der Waals surface area (Å²) in [5, 5.41) is 0.363. The summed E-state index contributed by atoms with van der Waals surface area (Å²) in [4.78, 5) is 14.8. The molecule has 7 heteroatoms. The molecule has 1 heterocycles. The van der Waals surface area contributed by atoms with Gasteiger partial charge in [0.25, 0.3) is 5.91 Å². The van der Waals surface area contributed by atoms with Crippen LogP contribution in [-0.2, 0) is 0 Å². The smallest absolute Gasteiger partial charge is 0.251 e. The second kappa shape index (κ2) is 5.64. The number of nitrogens with two attached hydrogens (primary N) is 1. The Morgan fingerprint density at radius 2 is 2.05 bits per heavy atom. The summed E-state index contributed by atoms with van der Waals surface area (Å²) in [7, 11) is 0. The predicted octanol–water partition coefficient (Wildman–Crippen LogP) is 3.73. The number of ether oxygens (including phenoxy) is 1. The molecule has 104 valence electrons. The maximum atomic E-state index is 13.7. The van der Waals surface area contributed by atoms with Gasteiger partial charge in [-0.3, -0.25) is 4.79 Å². The number of halogens is 3. The molecule has 0 aliphatic heterocycles. The van der Waals surface area contributed by atoms with E-state index in [0.29, 0.717) is 11.3 Å². The average Bonchev–Trinajstić information content (AvgIpc) is 2.37. The van der Waals surface area contributed by atoms with Crippen LogP contribution in [0.3, 0.4) is 0 Å². The van der Waals surface area contributed by atoms with E-state index in [1.165, 1.54) is 18.3 Å². The van der Waals surface area contributed by atoms with Gasteiger partial charge in [-0.2, -0.15) is 0 Å². The zero-order valence-electron chi connectivity index (χ0n) is 10.3. The highest BCUT2D eigenvalue weighted by Crippen LogP contribution is 2.30. The zero-order chi connectivity index (χ0) is 14.9. The van der Waals surface area contributed by atoms with Crippen LogP contribution >= 0.6 is 23.2 Å². The molecule has 0 spiro atoms. The molecule has 0 fully saturated rings. The van der Waals surface area contributed by atoms with Crippen molar-refractivity contribution < 1.29 is 13.9 Å². The largest absolute Gasteiger partial charge is 0.455 e. The topological polar surface area (TPSA) is 65.2 Å². The third-order valence-corrected chi connectivity index (χ3v) is 3.22. The van der Waals surface area contributed by atoms with E-state index in [0.717, 1.165) is 6.07 Å². The predicted molar refractivity (Wildman–Crippen MR) is 74.0 cm³/mol. The van der Waals surface area contributed by atoms with Crippen LogP contribution in [0, 0.1) is 12.7 Å². The lowest BCUT2D eigenvalue weighted by molar-refractivity contribution is 0.0996. The fraction of sp³-hybridized carbons (Fsp3) is 0.0769. The Morgan fingerprint density at radius 1 is 1.35 bits per heavy atom. The van der Waals surface area contributed by atoms with E-state index in [-0.39, 0.29) is 21.5 Å². The van der Waals surface area contributed by atoms with Gasteiger partial charge in [0.1, 0.15) is 22.5 Å². The van der Waals surface area contributed by atoms with Gasteiger partial charge in [0.15, 0.2) is 0 Å². The number of carbonyl (C=O) groups is 1. The highest BCUT2D eigenvalue weighted by atomic mass is 35.5. The number of primary amides is 1. The lowest BCUT2D eigenvalue weighted by Crippen LogP contribution is -2.13. The number of aryl methyl sites for hydroxylation is 1. The Hall–Kier alpha value is -1.85. The van der Waals surface area contributed by atoms with Crippen molar-refractivity contribution in [1.82, 2.24) is 4.98 Å². The molecule has 0 aliphatic carbocycles. The first-order valence-corrected chi connectivity index (χ1v) is 6.23. The summed E-state index contributed by atoms with van der Waals surface area (Å²) in [6, 6.07) is 3.85. The molecule has 0 bridgehead atoms. The van der Waals surface area contributed by atoms with Crippen LogP contribution in [0.25, 0.3) is 0 Å². The molecule has 1 aromatic carbocycles. The van der Waals surface area contributed by atoms with E-state index in [1.807, 2.05) is 0 Å². The first-order valence-electron chi connectivity index (χ1n) is 5.47. The van der Waals surface area contributed by atoms with E-state index in [9.17, 15) is 9.18 Å². The van der Waals surface area contributed by atoms with Crippen LogP contribution in [0.1, 0.15) is 15.9 Å². The molecule has 2 aromatic rings. The van der Waals surface area contributed by atoms with E-state index < -0.39 is 11.7 Å². The molecule has 0 radical (unpaired) electrons. The third-order valence-electron chi connectivity index (χ3n) is 2.53. The van der Waals surface area contributed by atoms with Gasteiger partial charge in [-0.15, -0.1) is 0 Å². The Labute approximate surface area is 124 Å². The highest BCUT2D eigenvalue weighted by Gasteiger charge is 2.13. The molecule has 0 saturated heterocycles. The Bertz CT molecular complexity index is 692. The van der Waals surface area contributed by atoms with Crippen LogP contribution in [-0.4, -0.2) is 10.9 Å². The third kappa shape index (κ3) is 3.00. The van der Waals surface area contributed by atoms with Crippen molar-refractivity contribution in [1.29, 1.82) is 0 Å². The van der Waals surface area contributed by atoms with E-state index in [2.05, 4.69) is 4.98 Å². The van der Waals surface area contributed by atoms with Gasteiger partial charge in [0.05, 0.1) is 16.8 Å². The van der Waals surface area contributed by atoms with Crippen LogP contribution in [0.15, 0.2) is 24.4 Å². The molecule has 4 nitrogen and oxygen atoms in total. The molecule has 2 N–H and O–H groups in total. The number of pyridine rings is 1. The molecule has 20 heavy (non-hydrogen) atoms. The van der Waals surface area contributed by atoms with E-state index >= 15 is 0 Å². The summed E-state index contributed by atoms with van der Waals surface area (Å²) >= 11 is 11.5. The van der Waals surface area contributed by atoms with Crippen LogP contribution in [0.4, 0.5) is 4.39 Å². The van der Waals surface area contributed by atoms with Gasteiger partial charge in [0, 0.05) is 12.1 Å². The number of hydrogen-bond acceptors (Lipinski definition) is 3. The summed E-state index contributed by atoms with van der Waals surface area (Å²) in [6.45, 7) is 1.66. The van der Waals surface area contributed by atoms with Gasteiger partial charge in [0.2, 0.25) is 0 Å². The first-order chi connectivity index (χ1) is 9.38. The minimum absolute atomic E-state index is 0.144. The van der Waals surface area contributed by atoms with Gasteiger partial charge in [-0.1, -0.05) is 23.2 Å². The SMILES string of the molecule is Cc1cc(C(N)=O)c(F)cc1Oc1cnc(Cl)c(Cl)c1. The summed E-state index contributed by atoms with van der Waals surface area (Å²) in [5.74, 6) is -1.07. The Morgan fingerprint density at radius 3 is 2.65 bits per heavy atom. The molecule has 0 unspecified atom stereocenters. The van der Waals surface area contributed by atoms with Crippen molar-refractivity contribution in [3.05, 3.63) is 51.5 Å². The second-order valence-corrected chi connectivity index (χ2v) is 4.77. The number of amides is 1. The second-order valence-electron chi connectivity index (χ2n) is 4.01. The molecule has 0 atom stereocenters. The molecule has 2 rings (SSSR count). The van der Waals surface area contributed by atoms with Crippen molar-refractivity contribution in [2.24, 2.45) is 5.73 Å². The maximum absolute atomic E-state index is 13.7. The molecule has 0 saturated carbocycles. The number of benzene rings is 1. The van der Waals surface area contributed by atoms with Crippen molar-refractivity contribution in [3.63, 3.8) is 0 Å². The highest BCUT2D eigenvalue weighted by molar-refractivity contribution is 6.41. The molecular formula is C13H9Cl2FN2O2. The van der Waals surface area contributed by atoms with Crippen molar-refractivity contribution in [2.45, 2.75) is 6.92 Å². The maximum Gasteiger partial charge on any atom is 0.251 e. The summed E-state index contributed by atoms with van der Waals surface area (Å²) in [6.07, 6.45) is 1.35. The number of nitrogens with zero attached hydrogens (tertiary/aromatic N) is 1. The van der Waals surface area contributed by atoms with Gasteiger partial charge < -0.3 is 10.5 Å². The van der Waals surface area contributed by atoms with Crippen LogP contribution in [0.2, 0.25) is 10.2 Å². The fourth-order valence-corrected chi connectivity index (χ4v) is 1.81. The Kier molecular flexibility index (Phi) is 4.11. The van der Waals surface area contributed by atoms with Crippen LogP contribution < -0.4 is 10.5 Å². The molecule has 1 amide bonds. The number of carbonyl (C=O) groups excluding carboxylic acids is 1. The molecular weight excluding hydrogens is 306 g/mol. The van der Waals surface area contributed by atoms with Crippen molar-refractivity contribution >= 4 is 29.1 Å². The monoisotopic (exact) mass is 314 g/mol. The van der Waals surface area contributed by atoms with E-state index in [1.54, 1.807) is 6.92 Å². The number of hydrogen-bond donors (Lipinski definition) is 1. The quantitative estimate of drug-likeness (QED) is 0.878. The normalized spacial score (nSPS) is 10.4. The van der Waals surface area contributed by atoms with Crippen molar-refractivity contribution in [3.8, 4) is 11.5 Å². The number of rotatable bonds is 3. The molecule has 0 aliphatic rings. The van der Waals surface area contributed by atoms with Crippen molar-refractivity contribution in [2.75, 3.05) is 0 Å².